The summed E-state index contributed by atoms with van der Waals surface area (Å²) in [7, 11) is 0. The van der Waals surface area contributed by atoms with Gasteiger partial charge in [0, 0.05) is 49.5 Å². The first-order valence-corrected chi connectivity index (χ1v) is 12.4. The number of carboxylic acids is 1. The summed E-state index contributed by atoms with van der Waals surface area (Å²) >= 11 is 1.11. The molecule has 11 nitrogen and oxygen atoms in total. The minimum atomic E-state index is -1.29. The second-order valence-electron chi connectivity index (χ2n) is 9.56. The maximum atomic E-state index is 12.9. The molecule has 1 aromatic heterocycles. The minimum Gasteiger partial charge on any atom is -0.477 e. The quantitative estimate of drug-likeness (QED) is 0.485. The van der Waals surface area contributed by atoms with Crippen LogP contribution in [-0.4, -0.2) is 75.0 Å². The number of ketones is 1. The number of carboxylic acid groups (broad SMARTS) is 1. The van der Waals surface area contributed by atoms with Crippen molar-refractivity contribution in [3.63, 3.8) is 0 Å². The number of aliphatic carboxylic acids is 1. The van der Waals surface area contributed by atoms with Crippen molar-refractivity contribution in [3.8, 4) is 0 Å². The number of rotatable bonds is 6. The van der Waals surface area contributed by atoms with E-state index in [1.54, 1.807) is 11.8 Å². The van der Waals surface area contributed by atoms with E-state index in [9.17, 15) is 19.5 Å². The monoisotopic (exact) mass is 500 g/mol. The van der Waals surface area contributed by atoms with Crippen LogP contribution in [0.25, 0.3) is 0 Å². The van der Waals surface area contributed by atoms with E-state index in [0.717, 1.165) is 43.2 Å². The predicted molar refractivity (Wildman–Crippen MR) is 127 cm³/mol. The number of allylic oxidation sites excluding steroid dienone is 2. The van der Waals surface area contributed by atoms with Crippen molar-refractivity contribution >= 4 is 34.3 Å². The Bertz CT molecular complexity index is 1130. The number of dihydropyridines is 1. The van der Waals surface area contributed by atoms with Gasteiger partial charge in [-0.25, -0.2) is 9.78 Å². The van der Waals surface area contributed by atoms with Gasteiger partial charge in [0.15, 0.2) is 0 Å². The topological polar surface area (TPSA) is 137 Å². The summed E-state index contributed by atoms with van der Waals surface area (Å²) in [6.07, 6.45) is 7.03. The molecular weight excluding hydrogens is 472 g/mol. The number of hydrogen-bond donors (Lipinski definition) is 3. The van der Waals surface area contributed by atoms with Crippen LogP contribution in [0.2, 0.25) is 0 Å². The number of ether oxygens (including phenoxy) is 1. The van der Waals surface area contributed by atoms with Gasteiger partial charge in [-0.3, -0.25) is 14.5 Å². The van der Waals surface area contributed by atoms with Crippen molar-refractivity contribution in [2.45, 2.75) is 44.9 Å². The summed E-state index contributed by atoms with van der Waals surface area (Å²) in [6.45, 7) is 6.16. The lowest BCUT2D eigenvalue weighted by Gasteiger charge is -2.46. The molecule has 0 aliphatic carbocycles. The lowest BCUT2D eigenvalue weighted by atomic mass is 9.90. The average molecular weight is 501 g/mol. The van der Waals surface area contributed by atoms with Crippen LogP contribution in [0.1, 0.15) is 33.1 Å². The van der Waals surface area contributed by atoms with Crippen LogP contribution >= 0.6 is 11.5 Å². The first kappa shape index (κ1) is 23.5. The van der Waals surface area contributed by atoms with Crippen LogP contribution in [0.5, 0.6) is 0 Å². The number of likely N-dealkylation sites (tertiary alicyclic amines) is 1. The highest BCUT2D eigenvalue weighted by Gasteiger charge is 2.43. The molecule has 2 fully saturated rings. The van der Waals surface area contributed by atoms with Gasteiger partial charge < -0.3 is 25.4 Å². The highest BCUT2D eigenvalue weighted by atomic mass is 32.1. The minimum absolute atomic E-state index is 0.0124. The zero-order valence-corrected chi connectivity index (χ0v) is 20.4. The molecule has 12 heteroatoms. The van der Waals surface area contributed by atoms with Gasteiger partial charge in [-0.1, -0.05) is 0 Å². The first-order valence-electron chi connectivity index (χ1n) is 11.7. The van der Waals surface area contributed by atoms with E-state index in [4.69, 9.17) is 4.74 Å². The van der Waals surface area contributed by atoms with Crippen LogP contribution in [0.4, 0.5) is 5.13 Å². The van der Waals surface area contributed by atoms with Gasteiger partial charge in [-0.15, -0.1) is 0 Å². The Morgan fingerprint density at radius 3 is 2.83 bits per heavy atom. The third-order valence-electron chi connectivity index (χ3n) is 6.95. The highest BCUT2D eigenvalue weighted by molar-refractivity contribution is 7.09. The molecule has 4 aliphatic rings. The normalized spacial score (nSPS) is 26.9. The molecule has 2 atom stereocenters. The van der Waals surface area contributed by atoms with E-state index in [1.807, 2.05) is 17.9 Å². The van der Waals surface area contributed by atoms with Crippen molar-refractivity contribution in [3.05, 3.63) is 41.1 Å². The Balaban J connectivity index is 1.28. The molecule has 2 unspecified atom stereocenters. The SMILES string of the molecule is CC1=C2C(=O)C(C(=O)O)=CN(c3ncns3)C2NC(N2CC(C(=O)NCC3(C)CCCCO3)C2)=C1. The number of carbonyl (C=O) groups excluding carboxylic acids is 2. The molecule has 4 aliphatic heterocycles. The van der Waals surface area contributed by atoms with Gasteiger partial charge in [-0.2, -0.15) is 4.37 Å². The van der Waals surface area contributed by atoms with Crippen molar-refractivity contribution in [2.75, 3.05) is 31.1 Å². The summed E-state index contributed by atoms with van der Waals surface area (Å²) < 4.78 is 9.88. The van der Waals surface area contributed by atoms with Crippen molar-refractivity contribution < 1.29 is 24.2 Å². The molecule has 2 saturated heterocycles. The van der Waals surface area contributed by atoms with Gasteiger partial charge in [0.05, 0.1) is 11.5 Å². The fraction of sp³-hybridized carbons (Fsp3) is 0.522. The number of carbonyl (C=O) groups is 3. The molecule has 3 N–H and O–H groups in total. The predicted octanol–water partition coefficient (Wildman–Crippen LogP) is 0.990. The van der Waals surface area contributed by atoms with Crippen LogP contribution in [0.15, 0.2) is 41.1 Å². The van der Waals surface area contributed by atoms with Crippen LogP contribution in [-0.2, 0) is 19.1 Å². The Morgan fingerprint density at radius 2 is 2.17 bits per heavy atom. The number of hydrogen-bond acceptors (Lipinski definition) is 10. The van der Waals surface area contributed by atoms with Crippen LogP contribution in [0, 0.1) is 5.92 Å². The zero-order valence-electron chi connectivity index (χ0n) is 19.6. The first-order chi connectivity index (χ1) is 16.8. The molecule has 0 radical (unpaired) electrons. The third-order valence-corrected chi connectivity index (χ3v) is 7.63. The van der Waals surface area contributed by atoms with Crippen LogP contribution < -0.4 is 15.5 Å². The number of nitrogens with zero attached hydrogens (tertiary/aromatic N) is 4. The molecule has 1 aromatic rings. The maximum absolute atomic E-state index is 12.9. The summed E-state index contributed by atoms with van der Waals surface area (Å²) in [6, 6.07) is 0. The van der Waals surface area contributed by atoms with Gasteiger partial charge in [-0.05, 0) is 44.8 Å². The number of amides is 1. The van der Waals surface area contributed by atoms with Gasteiger partial charge in [0.25, 0.3) is 0 Å². The van der Waals surface area contributed by atoms with Gasteiger partial charge >= 0.3 is 5.97 Å². The van der Waals surface area contributed by atoms with Gasteiger partial charge in [0.1, 0.15) is 23.9 Å². The van der Waals surface area contributed by atoms with E-state index in [1.165, 1.54) is 12.5 Å². The molecule has 0 bridgehead atoms. The number of Topliss-reactive ketones (excluding diaryl/α,β-unsaturated/α-hetero) is 1. The third kappa shape index (κ3) is 4.43. The lowest BCUT2D eigenvalue weighted by Crippen LogP contribution is -2.60. The van der Waals surface area contributed by atoms with E-state index in [2.05, 4.69) is 20.0 Å². The van der Waals surface area contributed by atoms with Gasteiger partial charge in [0.2, 0.25) is 16.8 Å². The number of aromatic nitrogens is 2. The molecule has 5 heterocycles. The lowest BCUT2D eigenvalue weighted by molar-refractivity contribution is -0.134. The Labute approximate surface area is 206 Å². The molecule has 0 saturated carbocycles. The maximum Gasteiger partial charge on any atom is 0.341 e. The summed E-state index contributed by atoms with van der Waals surface area (Å²) in [5.74, 6) is -1.16. The second-order valence-corrected chi connectivity index (χ2v) is 10.3. The Hall–Kier alpha value is -3.25. The highest BCUT2D eigenvalue weighted by Crippen LogP contribution is 2.34. The fourth-order valence-electron chi connectivity index (χ4n) is 4.85. The van der Waals surface area contributed by atoms with E-state index in [0.29, 0.717) is 35.9 Å². The summed E-state index contributed by atoms with van der Waals surface area (Å²) in [5.41, 5.74) is 0.415. The van der Waals surface area contributed by atoms with E-state index < -0.39 is 17.9 Å². The fourth-order valence-corrected chi connectivity index (χ4v) is 5.39. The summed E-state index contributed by atoms with van der Waals surface area (Å²) in [4.78, 5) is 45.2. The van der Waals surface area contributed by atoms with Crippen molar-refractivity contribution in [1.29, 1.82) is 0 Å². The molecule has 35 heavy (non-hydrogen) atoms. The van der Waals surface area contributed by atoms with Crippen LogP contribution in [0.3, 0.4) is 0 Å². The Kier molecular flexibility index (Phi) is 6.09. The molecule has 0 aromatic carbocycles. The average Bonchev–Trinajstić information content (AvgIpc) is 3.32. The number of fused-ring (bicyclic) bond motifs is 1. The number of nitrogens with one attached hydrogen (secondary N) is 2. The standard InChI is InChI=1S/C23H28N6O5S/c1-13-7-16(28-8-14(9-28)20(31)24-11-23(2)5-3-4-6-34-23)27-19-17(13)18(30)15(21(32)33)10-29(19)22-25-12-26-35-22/h7,10,12,14,19,27H,3-6,8-9,11H2,1-2H3,(H,24,31)(H,32,33). The molecular formula is C23H28N6O5S. The van der Waals surface area contributed by atoms with E-state index in [-0.39, 0.29) is 23.0 Å². The Morgan fingerprint density at radius 1 is 1.37 bits per heavy atom. The largest absolute Gasteiger partial charge is 0.477 e. The summed E-state index contributed by atoms with van der Waals surface area (Å²) in [5, 5.41) is 16.4. The molecule has 0 spiro atoms. The molecule has 1 amide bonds. The van der Waals surface area contributed by atoms with E-state index >= 15 is 0 Å². The second kappa shape index (κ2) is 9.08. The zero-order chi connectivity index (χ0) is 24.7. The number of anilines is 1. The van der Waals surface area contributed by atoms with Crippen molar-refractivity contribution in [1.82, 2.24) is 24.9 Å². The van der Waals surface area contributed by atoms with Crippen molar-refractivity contribution in [2.24, 2.45) is 5.92 Å². The molecule has 5 rings (SSSR count). The smallest absolute Gasteiger partial charge is 0.341 e. The molecule has 186 valence electrons.